The first-order valence-corrected chi connectivity index (χ1v) is 11.1. The van der Waals surface area contributed by atoms with Gasteiger partial charge in [0.15, 0.2) is 5.76 Å². The summed E-state index contributed by atoms with van der Waals surface area (Å²) in [6.07, 6.45) is 1.47. The summed E-state index contributed by atoms with van der Waals surface area (Å²) in [5.74, 6) is -0.361. The highest BCUT2D eigenvalue weighted by atomic mass is 35.5. The largest absolute Gasteiger partial charge is 0.463 e. The van der Waals surface area contributed by atoms with Crippen molar-refractivity contribution in [1.29, 1.82) is 0 Å². The van der Waals surface area contributed by atoms with Crippen LogP contribution in [-0.4, -0.2) is 67.0 Å². The Labute approximate surface area is 196 Å². The molecular weight excluding hydrogens is 448 g/mol. The van der Waals surface area contributed by atoms with Crippen molar-refractivity contribution in [1.82, 2.24) is 20.4 Å². The molecule has 0 unspecified atom stereocenters. The Bertz CT molecular complexity index is 1060. The number of piperazine rings is 1. The molecule has 1 saturated heterocycles. The average molecular weight is 473 g/mol. The van der Waals surface area contributed by atoms with Gasteiger partial charge in [-0.05, 0) is 30.7 Å². The maximum absolute atomic E-state index is 12.9. The van der Waals surface area contributed by atoms with Crippen LogP contribution in [0.3, 0.4) is 0 Å². The molecule has 0 spiro atoms. The summed E-state index contributed by atoms with van der Waals surface area (Å²) in [6.45, 7) is 4.41. The second-order valence-electron chi connectivity index (χ2n) is 7.71. The van der Waals surface area contributed by atoms with Crippen LogP contribution in [-0.2, 0) is 9.53 Å². The van der Waals surface area contributed by atoms with E-state index in [1.54, 1.807) is 48.2 Å². The first-order valence-electron chi connectivity index (χ1n) is 10.7. The van der Waals surface area contributed by atoms with Crippen LogP contribution in [0.15, 0.2) is 58.3 Å². The lowest BCUT2D eigenvalue weighted by Gasteiger charge is -2.36. The van der Waals surface area contributed by atoms with Gasteiger partial charge in [-0.3, -0.25) is 9.69 Å². The Balaban J connectivity index is 1.55. The highest BCUT2D eigenvalue weighted by Crippen LogP contribution is 2.32. The van der Waals surface area contributed by atoms with Crippen LogP contribution < -0.4 is 10.6 Å². The van der Waals surface area contributed by atoms with E-state index in [0.29, 0.717) is 60.3 Å². The van der Waals surface area contributed by atoms with Gasteiger partial charge in [-0.1, -0.05) is 29.8 Å². The summed E-state index contributed by atoms with van der Waals surface area (Å²) < 4.78 is 10.5. The molecule has 1 aromatic carbocycles. The van der Waals surface area contributed by atoms with E-state index in [4.69, 9.17) is 20.8 Å². The smallest absolute Gasteiger partial charge is 0.338 e. The van der Waals surface area contributed by atoms with E-state index in [1.165, 1.54) is 6.26 Å². The molecule has 3 amide bonds. The zero-order chi connectivity index (χ0) is 23.4. The lowest BCUT2D eigenvalue weighted by atomic mass is 9.94. The van der Waals surface area contributed by atoms with Crippen molar-refractivity contribution in [3.63, 3.8) is 0 Å². The summed E-state index contributed by atoms with van der Waals surface area (Å²) in [4.78, 5) is 41.7. The van der Waals surface area contributed by atoms with E-state index >= 15 is 0 Å². The fourth-order valence-electron chi connectivity index (χ4n) is 4.02. The predicted molar refractivity (Wildman–Crippen MR) is 121 cm³/mol. The Hall–Kier alpha value is -3.30. The molecule has 0 bridgehead atoms. The Morgan fingerprint density at radius 2 is 1.91 bits per heavy atom. The Morgan fingerprint density at radius 1 is 1.15 bits per heavy atom. The van der Waals surface area contributed by atoms with Gasteiger partial charge in [0.05, 0.1) is 24.5 Å². The second-order valence-corrected chi connectivity index (χ2v) is 8.12. The minimum atomic E-state index is -0.733. The minimum absolute atomic E-state index is 0.153. The van der Waals surface area contributed by atoms with Crippen LogP contribution in [0.5, 0.6) is 0 Å². The van der Waals surface area contributed by atoms with Crippen molar-refractivity contribution in [2.24, 2.45) is 0 Å². The monoisotopic (exact) mass is 472 g/mol. The third-order valence-electron chi connectivity index (χ3n) is 5.64. The van der Waals surface area contributed by atoms with E-state index in [9.17, 15) is 14.4 Å². The van der Waals surface area contributed by atoms with Crippen LogP contribution in [0.25, 0.3) is 0 Å². The zero-order valence-corrected chi connectivity index (χ0v) is 18.9. The third-order valence-corrected chi connectivity index (χ3v) is 5.98. The Kier molecular flexibility index (Phi) is 7.00. The number of halogens is 1. The SMILES string of the molecule is CCOC(=O)C1=C(CN2CCN(C(=O)c3ccco3)CC2)NC(=O)N[C@H]1c1ccccc1Cl. The number of rotatable bonds is 6. The molecule has 10 heteroatoms. The molecule has 0 aliphatic carbocycles. The molecule has 1 atom stereocenters. The predicted octanol–water partition coefficient (Wildman–Crippen LogP) is 2.56. The number of nitrogens with zero attached hydrogens (tertiary/aromatic N) is 2. The number of benzene rings is 1. The number of carbonyl (C=O) groups excluding carboxylic acids is 3. The topological polar surface area (TPSA) is 104 Å². The molecule has 33 heavy (non-hydrogen) atoms. The fraction of sp³-hybridized carbons (Fsp3) is 0.348. The third kappa shape index (κ3) is 5.04. The quantitative estimate of drug-likeness (QED) is 0.626. The van der Waals surface area contributed by atoms with Crippen LogP contribution in [0.2, 0.25) is 5.02 Å². The molecule has 1 aromatic heterocycles. The maximum Gasteiger partial charge on any atom is 0.338 e. The standard InChI is InChI=1S/C23H25ClN4O5/c1-2-32-22(30)19-17(25-23(31)26-20(19)15-6-3-4-7-16(15)24)14-27-9-11-28(12-10-27)21(29)18-8-5-13-33-18/h3-8,13,20H,2,9-12,14H2,1H3,(H2,25,26,31)/t20-/m0/s1. The number of furan rings is 1. The van der Waals surface area contributed by atoms with Gasteiger partial charge in [-0.25, -0.2) is 9.59 Å². The molecule has 4 rings (SSSR count). The molecule has 2 aromatic rings. The van der Waals surface area contributed by atoms with Crippen LogP contribution in [0, 0.1) is 0 Å². The van der Waals surface area contributed by atoms with E-state index in [0.717, 1.165) is 0 Å². The van der Waals surface area contributed by atoms with Gasteiger partial charge >= 0.3 is 12.0 Å². The summed E-state index contributed by atoms with van der Waals surface area (Å²) in [6, 6.07) is 9.24. The summed E-state index contributed by atoms with van der Waals surface area (Å²) in [7, 11) is 0. The molecule has 1 fully saturated rings. The van der Waals surface area contributed by atoms with E-state index in [-0.39, 0.29) is 12.5 Å². The number of hydrogen-bond donors (Lipinski definition) is 2. The van der Waals surface area contributed by atoms with Gasteiger partial charge in [0.1, 0.15) is 0 Å². The molecule has 0 radical (unpaired) electrons. The van der Waals surface area contributed by atoms with Gasteiger partial charge in [-0.15, -0.1) is 0 Å². The highest BCUT2D eigenvalue weighted by molar-refractivity contribution is 6.31. The molecule has 2 aliphatic rings. The zero-order valence-electron chi connectivity index (χ0n) is 18.2. The lowest BCUT2D eigenvalue weighted by Crippen LogP contribution is -2.52. The van der Waals surface area contributed by atoms with Gasteiger partial charge in [0, 0.05) is 43.4 Å². The number of hydrogen-bond acceptors (Lipinski definition) is 6. The summed E-state index contributed by atoms with van der Waals surface area (Å²) in [5, 5.41) is 6.01. The molecular formula is C23H25ClN4O5. The molecule has 3 heterocycles. The van der Waals surface area contributed by atoms with E-state index < -0.39 is 18.0 Å². The molecule has 9 nitrogen and oxygen atoms in total. The average Bonchev–Trinajstić information content (AvgIpc) is 3.34. The van der Waals surface area contributed by atoms with Crippen molar-refractivity contribution in [2.75, 3.05) is 39.3 Å². The van der Waals surface area contributed by atoms with Crippen LogP contribution >= 0.6 is 11.6 Å². The number of urea groups is 1. The lowest BCUT2D eigenvalue weighted by molar-refractivity contribution is -0.139. The fourth-order valence-corrected chi connectivity index (χ4v) is 4.27. The van der Waals surface area contributed by atoms with Crippen LogP contribution in [0.1, 0.15) is 29.1 Å². The maximum atomic E-state index is 12.9. The van der Waals surface area contributed by atoms with E-state index in [2.05, 4.69) is 15.5 Å². The second kappa shape index (κ2) is 10.1. The van der Waals surface area contributed by atoms with Crippen molar-refractivity contribution < 1.29 is 23.5 Å². The minimum Gasteiger partial charge on any atom is -0.463 e. The van der Waals surface area contributed by atoms with E-state index in [1.807, 2.05) is 0 Å². The van der Waals surface area contributed by atoms with Gasteiger partial charge < -0.3 is 24.7 Å². The summed E-state index contributed by atoms with van der Waals surface area (Å²) >= 11 is 6.38. The van der Waals surface area contributed by atoms with Crippen LogP contribution in [0.4, 0.5) is 4.79 Å². The number of ether oxygens (including phenoxy) is 1. The normalized spacial score (nSPS) is 19.2. The summed E-state index contributed by atoms with van der Waals surface area (Å²) in [5.41, 5.74) is 1.40. The number of amides is 3. The first-order chi connectivity index (χ1) is 16.0. The van der Waals surface area contributed by atoms with Crippen molar-refractivity contribution >= 4 is 29.5 Å². The van der Waals surface area contributed by atoms with Gasteiger partial charge in [0.25, 0.3) is 5.91 Å². The number of esters is 1. The van der Waals surface area contributed by atoms with Crippen molar-refractivity contribution in [3.8, 4) is 0 Å². The Morgan fingerprint density at radius 3 is 2.58 bits per heavy atom. The van der Waals surface area contributed by atoms with Crippen molar-refractivity contribution in [3.05, 3.63) is 70.3 Å². The number of carbonyl (C=O) groups is 3. The molecule has 2 N–H and O–H groups in total. The first kappa shape index (κ1) is 22.9. The van der Waals surface area contributed by atoms with Gasteiger partial charge in [0.2, 0.25) is 0 Å². The van der Waals surface area contributed by atoms with Crippen molar-refractivity contribution in [2.45, 2.75) is 13.0 Å². The molecule has 2 aliphatic heterocycles. The highest BCUT2D eigenvalue weighted by Gasteiger charge is 2.35. The number of nitrogens with one attached hydrogen (secondary N) is 2. The molecule has 0 saturated carbocycles. The molecule has 174 valence electrons. The van der Waals surface area contributed by atoms with Gasteiger partial charge in [-0.2, -0.15) is 0 Å².